The molecule has 0 saturated carbocycles. The Hall–Kier alpha value is -2.17. The van der Waals surface area contributed by atoms with Gasteiger partial charge in [-0.15, -0.1) is 5.10 Å². The van der Waals surface area contributed by atoms with E-state index >= 15 is 0 Å². The molecular weight excluding hydrogens is 322 g/mol. The third-order valence-corrected chi connectivity index (χ3v) is 4.74. The van der Waals surface area contributed by atoms with Crippen molar-refractivity contribution in [1.82, 2.24) is 15.0 Å². The van der Waals surface area contributed by atoms with Crippen LogP contribution >= 0.6 is 11.6 Å². The van der Waals surface area contributed by atoms with Gasteiger partial charge in [0.15, 0.2) is 0 Å². The fourth-order valence-corrected chi connectivity index (χ4v) is 3.60. The van der Waals surface area contributed by atoms with Crippen molar-refractivity contribution in [3.8, 4) is 0 Å². The van der Waals surface area contributed by atoms with Crippen LogP contribution in [0.2, 0.25) is 5.02 Å². The molecule has 0 bridgehead atoms. The Morgan fingerprint density at radius 1 is 1.17 bits per heavy atom. The van der Waals surface area contributed by atoms with Crippen molar-refractivity contribution in [2.45, 2.75) is 31.6 Å². The molecule has 0 radical (unpaired) electrons. The highest BCUT2D eigenvalue weighted by Gasteiger charge is 2.32. The zero-order chi connectivity index (χ0) is 16.4. The third kappa shape index (κ3) is 3.07. The molecule has 4 rings (SSSR count). The first kappa shape index (κ1) is 15.4. The average molecular weight is 340 g/mol. The Labute approximate surface area is 146 Å². The number of benzene rings is 2. The largest absolute Gasteiger partial charge is 0.371 e. The van der Waals surface area contributed by atoms with E-state index in [1.54, 1.807) is 6.20 Å². The summed E-state index contributed by atoms with van der Waals surface area (Å²) in [6.45, 7) is 0.540. The van der Waals surface area contributed by atoms with Crippen LogP contribution in [0.3, 0.4) is 0 Å². The highest BCUT2D eigenvalue weighted by atomic mass is 35.5. The number of rotatable bonds is 4. The van der Waals surface area contributed by atoms with E-state index in [1.165, 1.54) is 11.1 Å². The fourth-order valence-electron chi connectivity index (χ4n) is 3.39. The van der Waals surface area contributed by atoms with Crippen molar-refractivity contribution in [2.75, 3.05) is 0 Å². The maximum atomic E-state index is 6.27. The molecule has 2 atom stereocenters. The number of aryl methyl sites for hydroxylation is 1. The lowest BCUT2D eigenvalue weighted by molar-refractivity contribution is 0.00224. The molecule has 1 aliphatic carbocycles. The SMILES string of the molecule is Clc1cccc(CO[C@H]2CCc3ccccc3[C@H]2n2ccnn2)c1. The van der Waals surface area contributed by atoms with Crippen molar-refractivity contribution < 1.29 is 4.74 Å². The molecule has 0 unspecified atom stereocenters. The first-order valence-electron chi connectivity index (χ1n) is 8.11. The molecule has 0 N–H and O–H groups in total. The molecule has 0 aliphatic heterocycles. The molecule has 4 nitrogen and oxygen atoms in total. The van der Waals surface area contributed by atoms with Gasteiger partial charge in [0.2, 0.25) is 0 Å². The first-order chi connectivity index (χ1) is 11.8. The van der Waals surface area contributed by atoms with Crippen molar-refractivity contribution in [2.24, 2.45) is 0 Å². The highest BCUT2D eigenvalue weighted by Crippen LogP contribution is 2.34. The van der Waals surface area contributed by atoms with Gasteiger partial charge in [-0.25, -0.2) is 4.68 Å². The smallest absolute Gasteiger partial charge is 0.105 e. The Balaban J connectivity index is 1.60. The maximum Gasteiger partial charge on any atom is 0.105 e. The van der Waals surface area contributed by atoms with E-state index in [4.69, 9.17) is 16.3 Å². The van der Waals surface area contributed by atoms with E-state index in [0.29, 0.717) is 6.61 Å². The van der Waals surface area contributed by atoms with Crippen LogP contribution in [0.4, 0.5) is 0 Å². The van der Waals surface area contributed by atoms with Gasteiger partial charge in [-0.2, -0.15) is 0 Å². The van der Waals surface area contributed by atoms with Crippen LogP contribution < -0.4 is 0 Å². The Bertz CT molecular complexity index is 819. The van der Waals surface area contributed by atoms with Crippen LogP contribution in [0, 0.1) is 0 Å². The number of ether oxygens (including phenoxy) is 1. The molecule has 24 heavy (non-hydrogen) atoms. The van der Waals surface area contributed by atoms with Crippen LogP contribution in [0.5, 0.6) is 0 Å². The van der Waals surface area contributed by atoms with Crippen molar-refractivity contribution in [1.29, 1.82) is 0 Å². The average Bonchev–Trinajstić information content (AvgIpc) is 3.13. The second-order valence-electron chi connectivity index (χ2n) is 6.04. The van der Waals surface area contributed by atoms with Gasteiger partial charge in [-0.1, -0.05) is 53.2 Å². The first-order valence-corrected chi connectivity index (χ1v) is 8.49. The highest BCUT2D eigenvalue weighted by molar-refractivity contribution is 6.30. The van der Waals surface area contributed by atoms with Gasteiger partial charge in [-0.05, 0) is 41.7 Å². The van der Waals surface area contributed by atoms with Crippen LogP contribution in [-0.2, 0) is 17.8 Å². The monoisotopic (exact) mass is 339 g/mol. The summed E-state index contributed by atoms with van der Waals surface area (Å²) in [5.41, 5.74) is 3.71. The van der Waals surface area contributed by atoms with Gasteiger partial charge in [-0.3, -0.25) is 0 Å². The molecule has 0 amide bonds. The lowest BCUT2D eigenvalue weighted by Crippen LogP contribution is -2.33. The van der Waals surface area contributed by atoms with E-state index in [0.717, 1.165) is 23.4 Å². The van der Waals surface area contributed by atoms with Gasteiger partial charge in [0.05, 0.1) is 18.9 Å². The minimum Gasteiger partial charge on any atom is -0.371 e. The van der Waals surface area contributed by atoms with Crippen LogP contribution in [0.1, 0.15) is 29.2 Å². The summed E-state index contributed by atoms with van der Waals surface area (Å²) in [6.07, 6.45) is 5.65. The molecule has 2 aromatic carbocycles. The normalized spacial score (nSPS) is 19.9. The van der Waals surface area contributed by atoms with Gasteiger partial charge >= 0.3 is 0 Å². The molecule has 1 aromatic heterocycles. The minimum absolute atomic E-state index is 0.0524. The second kappa shape index (κ2) is 6.75. The Kier molecular flexibility index (Phi) is 4.32. The molecule has 0 saturated heterocycles. The zero-order valence-electron chi connectivity index (χ0n) is 13.2. The van der Waals surface area contributed by atoms with E-state index in [1.807, 2.05) is 35.1 Å². The fraction of sp³-hybridized carbons (Fsp3) is 0.263. The number of nitrogens with zero attached hydrogens (tertiary/aromatic N) is 3. The molecule has 0 spiro atoms. The zero-order valence-corrected chi connectivity index (χ0v) is 13.9. The van der Waals surface area contributed by atoms with Gasteiger partial charge < -0.3 is 4.74 Å². The van der Waals surface area contributed by atoms with Crippen molar-refractivity contribution >= 4 is 11.6 Å². The predicted octanol–water partition coefficient (Wildman–Crippen LogP) is 4.05. The molecule has 3 aromatic rings. The van der Waals surface area contributed by atoms with E-state index in [9.17, 15) is 0 Å². The summed E-state index contributed by atoms with van der Waals surface area (Å²) in [5, 5.41) is 8.93. The Morgan fingerprint density at radius 3 is 2.92 bits per heavy atom. The molecule has 122 valence electrons. The molecule has 1 aliphatic rings. The number of fused-ring (bicyclic) bond motifs is 1. The summed E-state index contributed by atoms with van der Waals surface area (Å²) in [6, 6.07) is 16.4. The van der Waals surface area contributed by atoms with E-state index in [-0.39, 0.29) is 12.1 Å². The van der Waals surface area contributed by atoms with Gasteiger partial charge in [0.1, 0.15) is 6.04 Å². The number of hydrogen-bond acceptors (Lipinski definition) is 3. The number of aromatic nitrogens is 3. The van der Waals surface area contributed by atoms with E-state index < -0.39 is 0 Å². The topological polar surface area (TPSA) is 39.9 Å². The van der Waals surface area contributed by atoms with E-state index in [2.05, 4.69) is 34.6 Å². The van der Waals surface area contributed by atoms with Crippen molar-refractivity contribution in [3.63, 3.8) is 0 Å². The van der Waals surface area contributed by atoms with Crippen molar-refractivity contribution in [3.05, 3.63) is 82.6 Å². The maximum absolute atomic E-state index is 6.27. The standard InChI is InChI=1S/C19H18ClN3O/c20-16-6-3-4-14(12-16)13-24-18-9-8-15-5-1-2-7-17(15)19(18)23-11-10-21-22-23/h1-7,10-12,18-19H,8-9,13H2/t18-,19+/m0/s1. The molecule has 5 heteroatoms. The summed E-state index contributed by atoms with van der Waals surface area (Å²) < 4.78 is 8.17. The van der Waals surface area contributed by atoms with Gasteiger partial charge in [0.25, 0.3) is 0 Å². The quantitative estimate of drug-likeness (QED) is 0.720. The van der Waals surface area contributed by atoms with Crippen LogP contribution in [0.25, 0.3) is 0 Å². The van der Waals surface area contributed by atoms with Gasteiger partial charge in [0, 0.05) is 11.2 Å². The van der Waals surface area contributed by atoms with Crippen LogP contribution in [0.15, 0.2) is 60.9 Å². The number of hydrogen-bond donors (Lipinski definition) is 0. The lowest BCUT2D eigenvalue weighted by atomic mass is 9.85. The summed E-state index contributed by atoms with van der Waals surface area (Å²) in [5.74, 6) is 0. The third-order valence-electron chi connectivity index (χ3n) is 4.50. The summed E-state index contributed by atoms with van der Waals surface area (Å²) in [4.78, 5) is 0. The van der Waals surface area contributed by atoms with Crippen LogP contribution in [-0.4, -0.2) is 21.1 Å². The number of halogens is 1. The Morgan fingerprint density at radius 2 is 2.08 bits per heavy atom. The summed E-state index contributed by atoms with van der Waals surface area (Å²) in [7, 11) is 0. The second-order valence-corrected chi connectivity index (χ2v) is 6.48. The predicted molar refractivity (Wildman–Crippen MR) is 93.0 cm³/mol. The summed E-state index contributed by atoms with van der Waals surface area (Å²) >= 11 is 6.07. The molecule has 0 fully saturated rings. The minimum atomic E-state index is 0.0524. The molecule has 1 heterocycles. The molecular formula is C19H18ClN3O. The lowest BCUT2D eigenvalue weighted by Gasteiger charge is -2.33.